The van der Waals surface area contributed by atoms with Crippen molar-refractivity contribution in [2.45, 2.75) is 51.9 Å². The van der Waals surface area contributed by atoms with Gasteiger partial charge in [-0.25, -0.2) is 4.79 Å². The first-order valence-electron chi connectivity index (χ1n) is 12.0. The van der Waals surface area contributed by atoms with Gasteiger partial charge >= 0.3 is 6.09 Å². The maximum Gasteiger partial charge on any atom is 0.413 e. The summed E-state index contributed by atoms with van der Waals surface area (Å²) >= 11 is 0. The van der Waals surface area contributed by atoms with Crippen LogP contribution < -0.4 is 20.1 Å². The lowest BCUT2D eigenvalue weighted by Crippen LogP contribution is -2.58. The molecule has 0 saturated carbocycles. The van der Waals surface area contributed by atoms with E-state index in [4.69, 9.17) is 15.9 Å². The van der Waals surface area contributed by atoms with E-state index in [0.29, 0.717) is 22.6 Å². The molecule has 37 heavy (non-hydrogen) atoms. The van der Waals surface area contributed by atoms with Crippen molar-refractivity contribution in [2.24, 2.45) is 5.41 Å². The van der Waals surface area contributed by atoms with Crippen LogP contribution in [0.2, 0.25) is 0 Å². The Bertz CT molecular complexity index is 1170. The largest absolute Gasteiger partial charge is 0.496 e. The van der Waals surface area contributed by atoms with E-state index in [-0.39, 0.29) is 19.5 Å². The molecule has 1 aliphatic heterocycles. The van der Waals surface area contributed by atoms with Crippen LogP contribution >= 0.6 is 0 Å². The standard InChI is InChI=1S/C28H33N3O6/c1-6-18-12-13-19(23(14-18)36-5)16-29-25(33)22-15-20(32)17-31(22)26(34)24(28(2,3)4)30-27(35)37-21-10-8-7-9-11-21/h1,7-14,20,22,24,32H,15-17H2,2-5H3,(H,29,33)(H,30,35)/t20-,22+,24-/m1/s1. The van der Waals surface area contributed by atoms with Gasteiger partial charge in [-0.15, -0.1) is 6.42 Å². The minimum atomic E-state index is -0.999. The Labute approximate surface area is 217 Å². The summed E-state index contributed by atoms with van der Waals surface area (Å²) in [5, 5.41) is 15.8. The van der Waals surface area contributed by atoms with Gasteiger partial charge in [0.1, 0.15) is 23.6 Å². The summed E-state index contributed by atoms with van der Waals surface area (Å²) in [6, 6.07) is 11.8. The van der Waals surface area contributed by atoms with Crippen LogP contribution in [0.1, 0.15) is 38.3 Å². The number of carbonyl (C=O) groups excluding carboxylic acids is 3. The van der Waals surface area contributed by atoms with Gasteiger partial charge in [0.25, 0.3) is 0 Å². The number of aliphatic hydroxyl groups is 1. The highest BCUT2D eigenvalue weighted by Gasteiger charge is 2.44. The van der Waals surface area contributed by atoms with Crippen molar-refractivity contribution in [1.29, 1.82) is 0 Å². The molecule has 3 amide bonds. The van der Waals surface area contributed by atoms with Gasteiger partial charge in [-0.05, 0) is 29.7 Å². The summed E-state index contributed by atoms with van der Waals surface area (Å²) in [5.74, 6) is 2.49. The second kappa shape index (κ2) is 11.8. The maximum atomic E-state index is 13.6. The summed E-state index contributed by atoms with van der Waals surface area (Å²) < 4.78 is 10.7. The Morgan fingerprint density at radius 3 is 2.51 bits per heavy atom. The second-order valence-corrected chi connectivity index (χ2v) is 9.93. The number of hydrogen-bond donors (Lipinski definition) is 3. The average Bonchev–Trinajstić information content (AvgIpc) is 3.27. The van der Waals surface area contributed by atoms with Crippen molar-refractivity contribution >= 4 is 17.9 Å². The average molecular weight is 508 g/mol. The number of carbonyl (C=O) groups is 3. The molecule has 0 bridgehead atoms. The number of benzene rings is 2. The summed E-state index contributed by atoms with van der Waals surface area (Å²) in [4.78, 5) is 40.6. The molecule has 0 aromatic heterocycles. The van der Waals surface area contributed by atoms with E-state index in [1.807, 2.05) is 0 Å². The van der Waals surface area contributed by atoms with Gasteiger partial charge < -0.3 is 30.1 Å². The molecule has 0 aliphatic carbocycles. The highest BCUT2D eigenvalue weighted by Crippen LogP contribution is 2.27. The van der Waals surface area contributed by atoms with Crippen LogP contribution in [0.5, 0.6) is 11.5 Å². The van der Waals surface area contributed by atoms with Gasteiger partial charge in [-0.3, -0.25) is 9.59 Å². The number of aliphatic hydroxyl groups excluding tert-OH is 1. The van der Waals surface area contributed by atoms with Crippen molar-refractivity contribution in [3.05, 3.63) is 59.7 Å². The smallest absolute Gasteiger partial charge is 0.413 e. The Morgan fingerprint density at radius 1 is 1.19 bits per heavy atom. The predicted octanol–water partition coefficient (Wildman–Crippen LogP) is 2.46. The minimum Gasteiger partial charge on any atom is -0.496 e. The predicted molar refractivity (Wildman–Crippen MR) is 138 cm³/mol. The Kier molecular flexibility index (Phi) is 8.79. The molecule has 1 fully saturated rings. The fourth-order valence-corrected chi connectivity index (χ4v) is 4.14. The van der Waals surface area contributed by atoms with Crippen molar-refractivity contribution in [3.63, 3.8) is 0 Å². The van der Waals surface area contributed by atoms with Gasteiger partial charge in [-0.2, -0.15) is 0 Å². The van der Waals surface area contributed by atoms with Crippen molar-refractivity contribution in [3.8, 4) is 23.8 Å². The maximum absolute atomic E-state index is 13.6. The van der Waals surface area contributed by atoms with Crippen LogP contribution in [0.25, 0.3) is 0 Å². The van der Waals surface area contributed by atoms with Crippen LogP contribution in [-0.4, -0.2) is 59.8 Å². The number of β-amino-alcohol motifs (C(OH)–C–C–N with tert-alkyl or cyclic N) is 1. The molecular formula is C28H33N3O6. The summed E-state index contributed by atoms with van der Waals surface area (Å²) in [6.45, 7) is 5.51. The molecule has 9 heteroatoms. The first-order chi connectivity index (χ1) is 17.5. The van der Waals surface area contributed by atoms with Crippen LogP contribution in [-0.2, 0) is 16.1 Å². The Balaban J connectivity index is 1.72. The van der Waals surface area contributed by atoms with E-state index in [0.717, 1.165) is 0 Å². The first kappa shape index (κ1) is 27.6. The fraction of sp³-hybridized carbons (Fsp3) is 0.393. The summed E-state index contributed by atoms with van der Waals surface area (Å²) in [5.41, 5.74) is 0.659. The summed E-state index contributed by atoms with van der Waals surface area (Å²) in [6.07, 6.45) is 3.85. The van der Waals surface area contributed by atoms with Gasteiger partial charge in [0.15, 0.2) is 0 Å². The third kappa shape index (κ3) is 7.02. The molecule has 1 heterocycles. The van der Waals surface area contributed by atoms with Crippen molar-refractivity contribution in [1.82, 2.24) is 15.5 Å². The molecule has 2 aromatic rings. The van der Waals surface area contributed by atoms with Gasteiger partial charge in [0, 0.05) is 30.6 Å². The van der Waals surface area contributed by atoms with Crippen LogP contribution in [0, 0.1) is 17.8 Å². The van der Waals surface area contributed by atoms with Crippen molar-refractivity contribution in [2.75, 3.05) is 13.7 Å². The van der Waals surface area contributed by atoms with Gasteiger partial charge in [0.2, 0.25) is 11.8 Å². The van der Waals surface area contributed by atoms with E-state index < -0.39 is 41.5 Å². The number of likely N-dealkylation sites (tertiary alicyclic amines) is 1. The van der Waals surface area contributed by atoms with E-state index in [2.05, 4.69) is 16.6 Å². The van der Waals surface area contributed by atoms with Crippen LogP contribution in [0.4, 0.5) is 4.79 Å². The lowest BCUT2D eigenvalue weighted by molar-refractivity contribution is -0.142. The SMILES string of the molecule is C#Cc1ccc(CNC(=O)[C@@H]2C[C@@H](O)CN2C(=O)[C@@H](NC(=O)Oc2ccccc2)C(C)(C)C)c(OC)c1. The molecule has 9 nitrogen and oxygen atoms in total. The Morgan fingerprint density at radius 2 is 1.89 bits per heavy atom. The lowest BCUT2D eigenvalue weighted by atomic mass is 9.85. The van der Waals surface area contributed by atoms with E-state index in [1.54, 1.807) is 69.3 Å². The molecule has 1 saturated heterocycles. The highest BCUT2D eigenvalue weighted by molar-refractivity contribution is 5.92. The zero-order chi connectivity index (χ0) is 27.2. The van der Waals surface area contributed by atoms with Crippen molar-refractivity contribution < 1.29 is 29.0 Å². The number of para-hydroxylation sites is 1. The number of ether oxygens (including phenoxy) is 2. The second-order valence-electron chi connectivity index (χ2n) is 9.93. The molecule has 0 unspecified atom stereocenters. The molecule has 196 valence electrons. The number of terminal acetylenes is 1. The molecule has 2 aromatic carbocycles. The topological polar surface area (TPSA) is 117 Å². The molecule has 3 rings (SSSR count). The molecule has 3 atom stereocenters. The van der Waals surface area contributed by atoms with Gasteiger partial charge in [-0.1, -0.05) is 51.0 Å². The third-order valence-corrected chi connectivity index (χ3v) is 6.10. The lowest BCUT2D eigenvalue weighted by Gasteiger charge is -2.35. The van der Waals surface area contributed by atoms with E-state index in [9.17, 15) is 19.5 Å². The normalized spacial score (nSPS) is 17.9. The quantitative estimate of drug-likeness (QED) is 0.496. The minimum absolute atomic E-state index is 0.0287. The van der Waals surface area contributed by atoms with Gasteiger partial charge in [0.05, 0.1) is 13.2 Å². The zero-order valence-corrected chi connectivity index (χ0v) is 21.5. The fourth-order valence-electron chi connectivity index (χ4n) is 4.14. The molecule has 0 spiro atoms. The number of methoxy groups -OCH3 is 1. The van der Waals surface area contributed by atoms with Crippen LogP contribution in [0.15, 0.2) is 48.5 Å². The first-order valence-corrected chi connectivity index (χ1v) is 12.0. The number of rotatable bonds is 7. The van der Waals surface area contributed by atoms with E-state index in [1.165, 1.54) is 12.0 Å². The third-order valence-electron chi connectivity index (χ3n) is 6.10. The number of nitrogens with zero attached hydrogens (tertiary/aromatic N) is 1. The highest BCUT2D eigenvalue weighted by atomic mass is 16.6. The Hall–Kier alpha value is -4.03. The number of hydrogen-bond acceptors (Lipinski definition) is 6. The summed E-state index contributed by atoms with van der Waals surface area (Å²) in [7, 11) is 1.51. The number of nitrogens with one attached hydrogen (secondary N) is 2. The van der Waals surface area contributed by atoms with E-state index >= 15 is 0 Å². The molecule has 0 radical (unpaired) electrons. The number of amides is 3. The molecule has 1 aliphatic rings. The zero-order valence-electron chi connectivity index (χ0n) is 21.5. The monoisotopic (exact) mass is 507 g/mol. The molecule has 3 N–H and O–H groups in total. The van der Waals surface area contributed by atoms with Crippen LogP contribution in [0.3, 0.4) is 0 Å². The molecular weight excluding hydrogens is 474 g/mol.